The Kier molecular flexibility index (Phi) is 11.1. The SMILES string of the molecule is COCCNCCNC(=O)CSc1cccc(C(F)(F)F)c1.Cl. The van der Waals surface area contributed by atoms with Crippen molar-refractivity contribution < 1.29 is 22.7 Å². The monoisotopic (exact) mass is 372 g/mol. The van der Waals surface area contributed by atoms with Crippen molar-refractivity contribution in [3.63, 3.8) is 0 Å². The molecule has 23 heavy (non-hydrogen) atoms. The Morgan fingerprint density at radius 2 is 2.00 bits per heavy atom. The quantitative estimate of drug-likeness (QED) is 0.516. The third kappa shape index (κ3) is 9.70. The summed E-state index contributed by atoms with van der Waals surface area (Å²) in [6.45, 7) is 2.37. The first-order valence-electron chi connectivity index (χ1n) is 6.70. The van der Waals surface area contributed by atoms with Crippen molar-refractivity contribution in [1.29, 1.82) is 0 Å². The Morgan fingerprint density at radius 3 is 2.65 bits per heavy atom. The number of rotatable bonds is 9. The van der Waals surface area contributed by atoms with E-state index in [-0.39, 0.29) is 24.1 Å². The summed E-state index contributed by atoms with van der Waals surface area (Å²) in [7, 11) is 1.61. The van der Waals surface area contributed by atoms with E-state index in [9.17, 15) is 18.0 Å². The van der Waals surface area contributed by atoms with E-state index in [4.69, 9.17) is 4.74 Å². The fraction of sp³-hybridized carbons (Fsp3) is 0.500. The Morgan fingerprint density at radius 1 is 1.26 bits per heavy atom. The molecule has 0 bridgehead atoms. The van der Waals surface area contributed by atoms with Crippen molar-refractivity contribution in [3.8, 4) is 0 Å². The van der Waals surface area contributed by atoms with Crippen LogP contribution in [0, 0.1) is 0 Å². The van der Waals surface area contributed by atoms with Gasteiger partial charge < -0.3 is 15.4 Å². The van der Waals surface area contributed by atoms with E-state index in [1.165, 1.54) is 6.07 Å². The number of ether oxygens (including phenoxy) is 1. The third-order valence-electron chi connectivity index (χ3n) is 2.64. The molecule has 4 nitrogen and oxygen atoms in total. The van der Waals surface area contributed by atoms with Crippen LogP contribution >= 0.6 is 24.2 Å². The molecule has 0 aliphatic heterocycles. The van der Waals surface area contributed by atoms with Gasteiger partial charge in [-0.05, 0) is 18.2 Å². The fourth-order valence-electron chi connectivity index (χ4n) is 1.55. The maximum atomic E-state index is 12.6. The van der Waals surface area contributed by atoms with E-state index in [0.717, 1.165) is 23.9 Å². The molecule has 0 saturated carbocycles. The lowest BCUT2D eigenvalue weighted by molar-refractivity contribution is -0.137. The topological polar surface area (TPSA) is 50.4 Å². The first-order valence-corrected chi connectivity index (χ1v) is 7.68. The van der Waals surface area contributed by atoms with E-state index in [0.29, 0.717) is 31.1 Å². The van der Waals surface area contributed by atoms with Gasteiger partial charge in [-0.3, -0.25) is 4.79 Å². The second-order valence-electron chi connectivity index (χ2n) is 4.41. The van der Waals surface area contributed by atoms with Gasteiger partial charge in [-0.1, -0.05) is 6.07 Å². The second kappa shape index (κ2) is 11.6. The van der Waals surface area contributed by atoms with Gasteiger partial charge in [0.2, 0.25) is 5.91 Å². The molecule has 1 amide bonds. The first kappa shape index (κ1) is 22.0. The molecule has 0 fully saturated rings. The van der Waals surface area contributed by atoms with Crippen molar-refractivity contribution in [3.05, 3.63) is 29.8 Å². The highest BCUT2D eigenvalue weighted by molar-refractivity contribution is 8.00. The van der Waals surface area contributed by atoms with Crippen LogP contribution in [0.3, 0.4) is 0 Å². The predicted molar refractivity (Wildman–Crippen MR) is 87.2 cm³/mol. The molecule has 0 unspecified atom stereocenters. The van der Waals surface area contributed by atoms with Crippen molar-refractivity contribution in [2.75, 3.05) is 39.1 Å². The number of hydrogen-bond acceptors (Lipinski definition) is 4. The molecule has 0 spiro atoms. The van der Waals surface area contributed by atoms with E-state index in [1.807, 2.05) is 0 Å². The van der Waals surface area contributed by atoms with Crippen molar-refractivity contribution in [1.82, 2.24) is 10.6 Å². The molecule has 0 aromatic heterocycles. The number of thioether (sulfide) groups is 1. The lowest BCUT2D eigenvalue weighted by Crippen LogP contribution is -2.33. The Bertz CT molecular complexity index is 476. The number of carbonyl (C=O) groups excluding carboxylic acids is 1. The lowest BCUT2D eigenvalue weighted by atomic mass is 10.2. The maximum absolute atomic E-state index is 12.6. The molecule has 1 rings (SSSR count). The fourth-order valence-corrected chi connectivity index (χ4v) is 2.34. The zero-order valence-corrected chi connectivity index (χ0v) is 14.2. The highest BCUT2D eigenvalue weighted by atomic mass is 35.5. The Labute approximate surface area is 143 Å². The average Bonchev–Trinajstić information content (AvgIpc) is 2.48. The molecule has 1 aromatic rings. The highest BCUT2D eigenvalue weighted by Gasteiger charge is 2.30. The van der Waals surface area contributed by atoms with Crippen LogP contribution in [-0.4, -0.2) is 45.0 Å². The minimum atomic E-state index is -4.37. The summed E-state index contributed by atoms with van der Waals surface area (Å²) in [6.07, 6.45) is -4.37. The Hall–Kier alpha value is -0.960. The van der Waals surface area contributed by atoms with Gasteiger partial charge in [0.25, 0.3) is 0 Å². The van der Waals surface area contributed by atoms with Gasteiger partial charge in [-0.25, -0.2) is 0 Å². The molecule has 0 atom stereocenters. The van der Waals surface area contributed by atoms with Gasteiger partial charge in [-0.15, -0.1) is 24.2 Å². The number of hydrogen-bond donors (Lipinski definition) is 2. The molecular formula is C14H20ClF3N2O2S. The van der Waals surface area contributed by atoms with Gasteiger partial charge >= 0.3 is 6.18 Å². The molecule has 0 radical (unpaired) electrons. The number of carbonyl (C=O) groups is 1. The zero-order valence-electron chi connectivity index (χ0n) is 12.6. The van der Waals surface area contributed by atoms with E-state index >= 15 is 0 Å². The number of benzene rings is 1. The van der Waals surface area contributed by atoms with Crippen LogP contribution in [0.5, 0.6) is 0 Å². The van der Waals surface area contributed by atoms with Gasteiger partial charge in [0.15, 0.2) is 0 Å². The molecule has 0 heterocycles. The summed E-state index contributed by atoms with van der Waals surface area (Å²) in [5, 5.41) is 5.76. The summed E-state index contributed by atoms with van der Waals surface area (Å²) in [5.41, 5.74) is -0.708. The van der Waals surface area contributed by atoms with Gasteiger partial charge in [-0.2, -0.15) is 13.2 Å². The van der Waals surface area contributed by atoms with Gasteiger partial charge in [0.1, 0.15) is 0 Å². The van der Waals surface area contributed by atoms with Crippen molar-refractivity contribution >= 4 is 30.1 Å². The number of methoxy groups -OCH3 is 1. The van der Waals surface area contributed by atoms with Crippen LogP contribution in [0.4, 0.5) is 13.2 Å². The summed E-state index contributed by atoms with van der Waals surface area (Å²) in [4.78, 5) is 12.0. The Balaban J connectivity index is 0.00000484. The van der Waals surface area contributed by atoms with E-state index in [1.54, 1.807) is 13.2 Å². The minimum Gasteiger partial charge on any atom is -0.383 e. The summed E-state index contributed by atoms with van der Waals surface area (Å²) >= 11 is 1.08. The summed E-state index contributed by atoms with van der Waals surface area (Å²) < 4.78 is 42.5. The summed E-state index contributed by atoms with van der Waals surface area (Å²) in [5.74, 6) is -0.129. The predicted octanol–water partition coefficient (Wildman–Crippen LogP) is 2.57. The standard InChI is InChI=1S/C14H19F3N2O2S.ClH/c1-21-8-7-18-5-6-19-13(20)10-22-12-4-2-3-11(9-12)14(15,16)17;/h2-4,9,18H,5-8,10H2,1H3,(H,19,20);1H. The van der Waals surface area contributed by atoms with Crippen molar-refractivity contribution in [2.24, 2.45) is 0 Å². The van der Waals surface area contributed by atoms with Gasteiger partial charge in [0, 0.05) is 31.6 Å². The zero-order chi connectivity index (χ0) is 16.4. The third-order valence-corrected chi connectivity index (χ3v) is 3.63. The number of halogens is 4. The maximum Gasteiger partial charge on any atom is 0.416 e. The van der Waals surface area contributed by atoms with E-state index < -0.39 is 11.7 Å². The molecule has 0 saturated heterocycles. The van der Waals surface area contributed by atoms with Crippen LogP contribution < -0.4 is 10.6 Å². The normalized spacial score (nSPS) is 11.0. The van der Waals surface area contributed by atoms with Crippen LogP contribution in [0.1, 0.15) is 5.56 Å². The smallest absolute Gasteiger partial charge is 0.383 e. The first-order chi connectivity index (χ1) is 10.4. The molecule has 2 N–H and O–H groups in total. The van der Waals surface area contributed by atoms with Crippen molar-refractivity contribution in [2.45, 2.75) is 11.1 Å². The highest BCUT2D eigenvalue weighted by Crippen LogP contribution is 2.31. The number of amides is 1. The molecule has 132 valence electrons. The lowest BCUT2D eigenvalue weighted by Gasteiger charge is -2.09. The largest absolute Gasteiger partial charge is 0.416 e. The van der Waals surface area contributed by atoms with Crippen LogP contribution in [0.2, 0.25) is 0 Å². The molecular weight excluding hydrogens is 353 g/mol. The number of alkyl halides is 3. The van der Waals surface area contributed by atoms with Crippen LogP contribution in [-0.2, 0) is 15.7 Å². The molecule has 0 aliphatic rings. The van der Waals surface area contributed by atoms with E-state index in [2.05, 4.69) is 10.6 Å². The van der Waals surface area contributed by atoms with Crippen LogP contribution in [0.25, 0.3) is 0 Å². The molecule has 1 aromatic carbocycles. The minimum absolute atomic E-state index is 0. The summed E-state index contributed by atoms with van der Waals surface area (Å²) in [6, 6.07) is 4.95. The number of nitrogens with one attached hydrogen (secondary N) is 2. The molecule has 9 heteroatoms. The molecule has 0 aliphatic carbocycles. The average molecular weight is 373 g/mol. The van der Waals surface area contributed by atoms with Crippen LogP contribution in [0.15, 0.2) is 29.2 Å². The van der Waals surface area contributed by atoms with Gasteiger partial charge in [0.05, 0.1) is 17.9 Å². The second-order valence-corrected chi connectivity index (χ2v) is 5.46.